The molecule has 0 saturated heterocycles. The maximum absolute atomic E-state index is 13.2. The second-order valence-corrected chi connectivity index (χ2v) is 5.74. The molecule has 3 N–H and O–H groups in total. The van der Waals surface area contributed by atoms with Crippen molar-refractivity contribution in [1.29, 1.82) is 0 Å². The van der Waals surface area contributed by atoms with Gasteiger partial charge in [-0.1, -0.05) is 30.3 Å². The number of aliphatic hydroxyl groups is 1. The molecule has 5 nitrogen and oxygen atoms in total. The summed E-state index contributed by atoms with van der Waals surface area (Å²) in [7, 11) is 0. The number of amides is 1. The van der Waals surface area contributed by atoms with Crippen LogP contribution in [-0.4, -0.2) is 16.0 Å². The number of aliphatic hydroxyl groups excluding tert-OH is 1. The van der Waals surface area contributed by atoms with Gasteiger partial charge in [-0.25, -0.2) is 4.39 Å². The molecule has 0 aliphatic rings. The number of pyridine rings is 1. The highest BCUT2D eigenvalue weighted by Gasteiger charge is 2.14. The van der Waals surface area contributed by atoms with Crippen LogP contribution in [0.3, 0.4) is 0 Å². The molecular formula is C19H17FN2O3. The summed E-state index contributed by atoms with van der Waals surface area (Å²) < 4.78 is 13.2. The van der Waals surface area contributed by atoms with Crippen molar-refractivity contribution in [2.75, 3.05) is 0 Å². The van der Waals surface area contributed by atoms with E-state index in [1.165, 1.54) is 18.2 Å². The van der Waals surface area contributed by atoms with Gasteiger partial charge in [-0.05, 0) is 34.7 Å². The minimum atomic E-state index is -1.08. The van der Waals surface area contributed by atoms with Crippen LogP contribution in [0, 0.1) is 5.82 Å². The van der Waals surface area contributed by atoms with Gasteiger partial charge in [-0.2, -0.15) is 0 Å². The number of hydrogen-bond donors (Lipinski definition) is 3. The molecule has 25 heavy (non-hydrogen) atoms. The van der Waals surface area contributed by atoms with E-state index >= 15 is 0 Å². The Labute approximate surface area is 143 Å². The third-order valence-corrected chi connectivity index (χ3v) is 3.98. The van der Waals surface area contributed by atoms with Crippen LogP contribution in [0.4, 0.5) is 4.39 Å². The van der Waals surface area contributed by atoms with Crippen molar-refractivity contribution >= 4 is 16.7 Å². The first-order valence-corrected chi connectivity index (χ1v) is 7.84. The van der Waals surface area contributed by atoms with Crippen LogP contribution in [0.15, 0.2) is 59.5 Å². The van der Waals surface area contributed by atoms with Gasteiger partial charge in [-0.15, -0.1) is 0 Å². The first kappa shape index (κ1) is 16.9. The van der Waals surface area contributed by atoms with E-state index in [4.69, 9.17) is 0 Å². The lowest BCUT2D eigenvalue weighted by atomic mass is 10.1. The number of nitrogens with one attached hydrogen (secondary N) is 2. The summed E-state index contributed by atoms with van der Waals surface area (Å²) in [5, 5.41) is 14.1. The Morgan fingerprint density at radius 1 is 1.16 bits per heavy atom. The van der Waals surface area contributed by atoms with Gasteiger partial charge in [0.05, 0.1) is 12.5 Å². The molecule has 1 atom stereocenters. The van der Waals surface area contributed by atoms with Crippen LogP contribution in [-0.2, 0) is 11.3 Å². The number of rotatable bonds is 5. The van der Waals surface area contributed by atoms with E-state index in [0.29, 0.717) is 10.9 Å². The summed E-state index contributed by atoms with van der Waals surface area (Å²) in [4.78, 5) is 26.5. The summed E-state index contributed by atoms with van der Waals surface area (Å²) in [6.45, 7) is 0.214. The number of carbonyl (C=O) groups is 1. The van der Waals surface area contributed by atoms with E-state index in [2.05, 4.69) is 10.3 Å². The first-order chi connectivity index (χ1) is 12.0. The Balaban J connectivity index is 1.67. The quantitative estimate of drug-likeness (QED) is 0.667. The van der Waals surface area contributed by atoms with Gasteiger partial charge < -0.3 is 15.4 Å². The molecule has 3 rings (SSSR count). The largest absolute Gasteiger partial charge is 0.388 e. The number of aromatic amines is 1. The van der Waals surface area contributed by atoms with Crippen LogP contribution in [0.25, 0.3) is 10.8 Å². The normalized spacial score (nSPS) is 12.1. The lowest BCUT2D eigenvalue weighted by Crippen LogP contribution is -2.25. The standard InChI is InChI=1S/C19H17FN2O3/c20-14-5-3-4-12(8-14)17(23)9-18(24)21-10-13-11-22-19(25)16-7-2-1-6-15(13)16/h1-8,11,17,23H,9-10H2,(H,21,24)(H,22,25). The number of hydrogen-bond acceptors (Lipinski definition) is 3. The van der Waals surface area contributed by atoms with Crippen molar-refractivity contribution in [1.82, 2.24) is 10.3 Å². The first-order valence-electron chi connectivity index (χ1n) is 7.84. The molecule has 2 aromatic carbocycles. The number of aromatic nitrogens is 1. The van der Waals surface area contributed by atoms with Gasteiger partial charge in [0.2, 0.25) is 5.91 Å². The van der Waals surface area contributed by atoms with E-state index in [-0.39, 0.29) is 24.4 Å². The van der Waals surface area contributed by atoms with Crippen LogP contribution in [0.1, 0.15) is 23.7 Å². The summed E-state index contributed by atoms with van der Waals surface area (Å²) in [6, 6.07) is 12.6. The summed E-state index contributed by atoms with van der Waals surface area (Å²) >= 11 is 0. The molecule has 0 spiro atoms. The van der Waals surface area contributed by atoms with E-state index in [9.17, 15) is 19.1 Å². The third kappa shape index (κ3) is 3.92. The van der Waals surface area contributed by atoms with Gasteiger partial charge in [0.15, 0.2) is 0 Å². The lowest BCUT2D eigenvalue weighted by Gasteiger charge is -2.12. The topological polar surface area (TPSA) is 82.2 Å². The van der Waals surface area contributed by atoms with Crippen molar-refractivity contribution in [2.45, 2.75) is 19.1 Å². The maximum atomic E-state index is 13.2. The number of H-pyrrole nitrogens is 1. The van der Waals surface area contributed by atoms with E-state index in [1.807, 2.05) is 12.1 Å². The highest BCUT2D eigenvalue weighted by Crippen LogP contribution is 2.18. The molecule has 0 saturated carbocycles. The molecule has 0 bridgehead atoms. The minimum absolute atomic E-state index is 0.176. The third-order valence-electron chi connectivity index (χ3n) is 3.98. The van der Waals surface area contributed by atoms with Crippen LogP contribution < -0.4 is 10.9 Å². The predicted molar refractivity (Wildman–Crippen MR) is 92.4 cm³/mol. The minimum Gasteiger partial charge on any atom is -0.388 e. The zero-order valence-corrected chi connectivity index (χ0v) is 13.3. The molecule has 0 fully saturated rings. The SMILES string of the molecule is O=C(CC(O)c1cccc(F)c1)NCc1c[nH]c(=O)c2ccccc12. The highest BCUT2D eigenvalue weighted by atomic mass is 19.1. The molecule has 1 aromatic heterocycles. The van der Waals surface area contributed by atoms with Crippen molar-refractivity contribution in [3.8, 4) is 0 Å². The van der Waals surface area contributed by atoms with Crippen molar-refractivity contribution in [3.63, 3.8) is 0 Å². The maximum Gasteiger partial charge on any atom is 0.255 e. The molecule has 3 aromatic rings. The van der Waals surface area contributed by atoms with Gasteiger partial charge in [0.1, 0.15) is 5.82 Å². The van der Waals surface area contributed by atoms with Crippen LogP contribution >= 0.6 is 0 Å². The number of fused-ring (bicyclic) bond motifs is 1. The van der Waals surface area contributed by atoms with Crippen molar-refractivity contribution in [3.05, 3.63) is 82.0 Å². The van der Waals surface area contributed by atoms with Crippen molar-refractivity contribution < 1.29 is 14.3 Å². The van der Waals surface area contributed by atoms with Crippen molar-refractivity contribution in [2.24, 2.45) is 0 Å². The monoisotopic (exact) mass is 340 g/mol. The average Bonchev–Trinajstić information content (AvgIpc) is 2.61. The molecule has 0 aliphatic heterocycles. The van der Waals surface area contributed by atoms with E-state index in [1.54, 1.807) is 24.4 Å². The summed E-state index contributed by atoms with van der Waals surface area (Å²) in [6.07, 6.45) is 0.307. The highest BCUT2D eigenvalue weighted by molar-refractivity contribution is 5.85. The van der Waals surface area contributed by atoms with Gasteiger partial charge in [-0.3, -0.25) is 9.59 Å². The van der Waals surface area contributed by atoms with E-state index < -0.39 is 11.9 Å². The Kier molecular flexibility index (Phi) is 4.90. The fraction of sp³-hybridized carbons (Fsp3) is 0.158. The number of halogens is 1. The Morgan fingerprint density at radius 2 is 1.92 bits per heavy atom. The molecule has 1 unspecified atom stereocenters. The Hall–Kier alpha value is -2.99. The molecule has 128 valence electrons. The summed E-state index contributed by atoms with van der Waals surface area (Å²) in [5.41, 5.74) is 0.931. The second kappa shape index (κ2) is 7.27. The Morgan fingerprint density at radius 3 is 2.68 bits per heavy atom. The molecule has 1 amide bonds. The molecule has 6 heteroatoms. The fourth-order valence-electron chi connectivity index (χ4n) is 2.69. The smallest absolute Gasteiger partial charge is 0.255 e. The average molecular weight is 340 g/mol. The second-order valence-electron chi connectivity index (χ2n) is 5.74. The van der Waals surface area contributed by atoms with Gasteiger partial charge in [0, 0.05) is 18.1 Å². The Bertz CT molecular complexity index is 968. The predicted octanol–water partition coefficient (Wildman–Crippen LogP) is 2.41. The summed E-state index contributed by atoms with van der Waals surface area (Å²) in [5.74, 6) is -0.830. The zero-order valence-electron chi connectivity index (χ0n) is 13.3. The van der Waals surface area contributed by atoms with Gasteiger partial charge >= 0.3 is 0 Å². The fourth-order valence-corrected chi connectivity index (χ4v) is 2.69. The number of benzene rings is 2. The molecule has 0 radical (unpaired) electrons. The van der Waals surface area contributed by atoms with E-state index in [0.717, 1.165) is 10.9 Å². The molecule has 0 aliphatic carbocycles. The zero-order chi connectivity index (χ0) is 17.8. The lowest BCUT2D eigenvalue weighted by molar-refractivity contribution is -0.123. The van der Waals surface area contributed by atoms with Gasteiger partial charge in [0.25, 0.3) is 5.56 Å². The van der Waals surface area contributed by atoms with Crippen LogP contribution in [0.5, 0.6) is 0 Å². The molecular weight excluding hydrogens is 323 g/mol. The molecule has 1 heterocycles. The number of carbonyl (C=O) groups excluding carboxylic acids is 1. The van der Waals surface area contributed by atoms with Crippen LogP contribution in [0.2, 0.25) is 0 Å².